The first-order valence-corrected chi connectivity index (χ1v) is 8.25. The van der Waals surface area contributed by atoms with Gasteiger partial charge in [0.2, 0.25) is 0 Å². The first kappa shape index (κ1) is 19.6. The van der Waals surface area contributed by atoms with Crippen molar-refractivity contribution < 1.29 is 4.39 Å². The molecule has 2 aromatic rings. The molecular formula is C19H24FIN4. The molecule has 1 aromatic carbocycles. The molecule has 25 heavy (non-hydrogen) atoms. The molecule has 1 aromatic heterocycles. The highest BCUT2D eigenvalue weighted by atomic mass is 127. The van der Waals surface area contributed by atoms with Crippen LogP contribution in [0.4, 0.5) is 4.39 Å². The molecule has 6 heteroatoms. The third-order valence-corrected chi connectivity index (χ3v) is 4.66. The first-order chi connectivity index (χ1) is 11.6. The number of nitrogens with zero attached hydrogens (tertiary/aromatic N) is 2. The Balaban J connectivity index is 0.00000225. The lowest BCUT2D eigenvalue weighted by Crippen LogP contribution is -2.41. The minimum Gasteiger partial charge on any atom is -0.356 e. The van der Waals surface area contributed by atoms with Crippen LogP contribution in [0.15, 0.2) is 47.6 Å². The lowest BCUT2D eigenvalue weighted by molar-refractivity contribution is 0.559. The summed E-state index contributed by atoms with van der Waals surface area (Å²) in [4.78, 5) is 8.62. The number of rotatable bonds is 5. The molecule has 0 unspecified atom stereocenters. The largest absolute Gasteiger partial charge is 0.356 e. The molecule has 1 saturated carbocycles. The van der Waals surface area contributed by atoms with Gasteiger partial charge in [0.05, 0.1) is 12.2 Å². The topological polar surface area (TPSA) is 49.3 Å². The van der Waals surface area contributed by atoms with Crippen molar-refractivity contribution in [2.75, 3.05) is 13.6 Å². The summed E-state index contributed by atoms with van der Waals surface area (Å²) in [6.45, 7) is 3.32. The summed E-state index contributed by atoms with van der Waals surface area (Å²) in [7, 11) is 1.74. The van der Waals surface area contributed by atoms with Gasteiger partial charge in [0.25, 0.3) is 0 Å². The van der Waals surface area contributed by atoms with E-state index in [0.29, 0.717) is 19.0 Å². The average Bonchev–Trinajstić information content (AvgIpc) is 3.38. The molecule has 0 aliphatic heterocycles. The number of nitrogens with one attached hydrogen (secondary N) is 2. The SMILES string of the molecule is CN=C(NCc1ncccc1C)NCC1(c2ccccc2F)CC1.I. The normalized spacial score (nSPS) is 15.2. The lowest BCUT2D eigenvalue weighted by Gasteiger charge is -2.19. The molecule has 3 rings (SSSR count). The van der Waals surface area contributed by atoms with Gasteiger partial charge in [-0.05, 0) is 43.0 Å². The molecule has 1 aliphatic carbocycles. The standard InChI is InChI=1S/C19H23FN4.HI/c1-14-6-5-11-22-17(14)12-23-18(21-2)24-13-19(9-10-19)15-7-3-4-8-16(15)20;/h3-8,11H,9-10,12-13H2,1-2H3,(H2,21,23,24);1H. The Kier molecular flexibility index (Phi) is 6.75. The monoisotopic (exact) mass is 454 g/mol. The predicted molar refractivity (Wildman–Crippen MR) is 110 cm³/mol. The summed E-state index contributed by atoms with van der Waals surface area (Å²) in [5.41, 5.74) is 2.83. The Morgan fingerprint density at radius 2 is 1.96 bits per heavy atom. The third-order valence-electron chi connectivity index (χ3n) is 4.66. The van der Waals surface area contributed by atoms with Crippen molar-refractivity contribution in [2.24, 2.45) is 4.99 Å². The van der Waals surface area contributed by atoms with Crippen LogP contribution in [-0.2, 0) is 12.0 Å². The number of aromatic nitrogens is 1. The maximum absolute atomic E-state index is 14.1. The minimum absolute atomic E-state index is 0. The van der Waals surface area contributed by atoms with E-state index < -0.39 is 0 Å². The summed E-state index contributed by atoms with van der Waals surface area (Å²) in [6, 6.07) is 11.0. The maximum Gasteiger partial charge on any atom is 0.191 e. The van der Waals surface area contributed by atoms with Crippen LogP contribution in [-0.4, -0.2) is 24.5 Å². The number of hydrogen-bond acceptors (Lipinski definition) is 2. The van der Waals surface area contributed by atoms with Crippen molar-refractivity contribution in [2.45, 2.75) is 31.7 Å². The van der Waals surface area contributed by atoms with Gasteiger partial charge in [-0.25, -0.2) is 4.39 Å². The highest BCUT2D eigenvalue weighted by Crippen LogP contribution is 2.48. The van der Waals surface area contributed by atoms with Crippen molar-refractivity contribution in [1.82, 2.24) is 15.6 Å². The van der Waals surface area contributed by atoms with Crippen molar-refractivity contribution in [3.8, 4) is 0 Å². The van der Waals surface area contributed by atoms with Crippen LogP contribution < -0.4 is 10.6 Å². The fourth-order valence-electron chi connectivity index (χ4n) is 2.93. The van der Waals surface area contributed by atoms with Crippen molar-refractivity contribution in [3.05, 3.63) is 65.2 Å². The maximum atomic E-state index is 14.1. The zero-order chi connectivity index (χ0) is 17.0. The molecule has 0 spiro atoms. The molecule has 1 aliphatic rings. The molecule has 1 fully saturated rings. The summed E-state index contributed by atoms with van der Waals surface area (Å²) >= 11 is 0. The number of guanidine groups is 1. The number of halogens is 2. The Hall–Kier alpha value is -1.70. The fourth-order valence-corrected chi connectivity index (χ4v) is 2.93. The van der Waals surface area contributed by atoms with Gasteiger partial charge >= 0.3 is 0 Å². The summed E-state index contributed by atoms with van der Waals surface area (Å²) in [5, 5.41) is 6.61. The van der Waals surface area contributed by atoms with E-state index in [1.165, 1.54) is 6.07 Å². The second-order valence-electron chi connectivity index (χ2n) is 6.31. The van der Waals surface area contributed by atoms with Gasteiger partial charge in [-0.3, -0.25) is 9.98 Å². The molecule has 0 bridgehead atoms. The molecule has 0 radical (unpaired) electrons. The zero-order valence-corrected chi connectivity index (χ0v) is 16.9. The second kappa shape index (κ2) is 8.60. The van der Waals surface area contributed by atoms with Crippen LogP contribution >= 0.6 is 24.0 Å². The quantitative estimate of drug-likeness (QED) is 0.413. The van der Waals surface area contributed by atoms with Gasteiger partial charge in [-0.2, -0.15) is 0 Å². The van der Waals surface area contributed by atoms with E-state index in [0.717, 1.165) is 29.7 Å². The van der Waals surface area contributed by atoms with Crippen LogP contribution in [0.1, 0.15) is 29.7 Å². The third kappa shape index (κ3) is 4.68. The van der Waals surface area contributed by atoms with Gasteiger partial charge in [-0.15, -0.1) is 24.0 Å². The zero-order valence-electron chi connectivity index (χ0n) is 14.6. The van der Waals surface area contributed by atoms with Crippen molar-refractivity contribution in [3.63, 3.8) is 0 Å². The fraction of sp³-hybridized carbons (Fsp3) is 0.368. The van der Waals surface area contributed by atoms with Gasteiger partial charge in [0, 0.05) is 25.2 Å². The highest BCUT2D eigenvalue weighted by molar-refractivity contribution is 14.0. The van der Waals surface area contributed by atoms with E-state index in [1.807, 2.05) is 31.2 Å². The molecule has 134 valence electrons. The number of hydrogen-bond donors (Lipinski definition) is 2. The number of aryl methyl sites for hydroxylation is 1. The van der Waals surface area contributed by atoms with E-state index >= 15 is 0 Å². The van der Waals surface area contributed by atoms with Crippen molar-refractivity contribution in [1.29, 1.82) is 0 Å². The highest BCUT2D eigenvalue weighted by Gasteiger charge is 2.45. The molecular weight excluding hydrogens is 430 g/mol. The summed E-state index contributed by atoms with van der Waals surface area (Å²) in [5.74, 6) is 0.589. The van der Waals surface area contributed by atoms with E-state index in [9.17, 15) is 4.39 Å². The molecule has 0 atom stereocenters. The van der Waals surface area contributed by atoms with E-state index in [4.69, 9.17) is 0 Å². The van der Waals surface area contributed by atoms with E-state index in [-0.39, 0.29) is 35.2 Å². The molecule has 2 N–H and O–H groups in total. The Morgan fingerprint density at radius 1 is 1.20 bits per heavy atom. The summed E-state index contributed by atoms with van der Waals surface area (Å²) in [6.07, 6.45) is 3.78. The molecule has 0 amide bonds. The van der Waals surface area contributed by atoms with E-state index in [1.54, 1.807) is 19.3 Å². The lowest BCUT2D eigenvalue weighted by atomic mass is 9.95. The van der Waals surface area contributed by atoms with Gasteiger partial charge in [0.15, 0.2) is 5.96 Å². The Labute approximate surface area is 165 Å². The van der Waals surface area contributed by atoms with Crippen LogP contribution in [0.5, 0.6) is 0 Å². The average molecular weight is 454 g/mol. The van der Waals surface area contributed by atoms with E-state index in [2.05, 4.69) is 20.6 Å². The van der Waals surface area contributed by atoms with Crippen LogP contribution in [0, 0.1) is 12.7 Å². The number of aliphatic imine (C=N–C) groups is 1. The molecule has 4 nitrogen and oxygen atoms in total. The van der Waals surface area contributed by atoms with Gasteiger partial charge in [0.1, 0.15) is 5.82 Å². The summed E-state index contributed by atoms with van der Waals surface area (Å²) < 4.78 is 14.1. The Bertz CT molecular complexity index is 744. The predicted octanol–water partition coefficient (Wildman–Crippen LogP) is 3.54. The van der Waals surface area contributed by atoms with Crippen LogP contribution in [0.3, 0.4) is 0 Å². The van der Waals surface area contributed by atoms with Gasteiger partial charge < -0.3 is 10.6 Å². The minimum atomic E-state index is -0.121. The smallest absolute Gasteiger partial charge is 0.191 e. The van der Waals surface area contributed by atoms with Crippen LogP contribution in [0.2, 0.25) is 0 Å². The van der Waals surface area contributed by atoms with Crippen molar-refractivity contribution >= 4 is 29.9 Å². The second-order valence-corrected chi connectivity index (χ2v) is 6.31. The molecule has 0 saturated heterocycles. The van der Waals surface area contributed by atoms with Gasteiger partial charge in [-0.1, -0.05) is 24.3 Å². The molecule has 1 heterocycles. The number of pyridine rings is 1. The first-order valence-electron chi connectivity index (χ1n) is 8.25. The van der Waals surface area contributed by atoms with Crippen LogP contribution in [0.25, 0.3) is 0 Å². The Morgan fingerprint density at radius 3 is 2.60 bits per heavy atom. The number of benzene rings is 1.